The van der Waals surface area contributed by atoms with E-state index >= 15 is 0 Å². The Hall–Kier alpha value is -6.83. The molecule has 0 bridgehead atoms. The highest BCUT2D eigenvalue weighted by Crippen LogP contribution is 2.54. The molecule has 4 heterocycles. The van der Waals surface area contributed by atoms with Crippen LogP contribution in [0.25, 0.3) is 76.2 Å². The van der Waals surface area contributed by atoms with Gasteiger partial charge in [-0.3, -0.25) is 0 Å². The van der Waals surface area contributed by atoms with E-state index in [1.165, 1.54) is 85.8 Å². The lowest BCUT2D eigenvalue weighted by Gasteiger charge is -2.34. The maximum Gasteiger partial charge on any atom is 0.183 e. The molecule has 266 valence electrons. The summed E-state index contributed by atoms with van der Waals surface area (Å²) >= 11 is -0.869. The summed E-state index contributed by atoms with van der Waals surface area (Å²) in [7, 11) is 0. The Morgan fingerprint density at radius 2 is 1.12 bits per heavy atom. The van der Waals surface area contributed by atoms with Crippen molar-refractivity contribution in [1.29, 1.82) is 0 Å². The molecule has 2 aliphatic heterocycles. The first-order valence-electron chi connectivity index (χ1n) is 19.3. The van der Waals surface area contributed by atoms with Gasteiger partial charge in [0.1, 0.15) is 18.6 Å². The first-order valence-corrected chi connectivity index (χ1v) is 21.4. The Morgan fingerprint density at radius 1 is 0.474 bits per heavy atom. The van der Waals surface area contributed by atoms with Gasteiger partial charge in [-0.05, 0) is 102 Å². The SMILES string of the molecule is c1ccc2c(C3=Nc4c(oc5ccccc45)C(n4c5ccccc5c5ccccc54)=I3)cc(N3c4ccc5ccccc5c4-c4cccc5cccc3c45)cc2c1. The second-order valence-corrected chi connectivity index (χ2v) is 17.4. The molecule has 5 heteroatoms. The molecule has 0 radical (unpaired) electrons. The first-order chi connectivity index (χ1) is 28.3. The minimum absolute atomic E-state index is 0.859. The lowest BCUT2D eigenvalue weighted by molar-refractivity contribution is 0.605. The predicted octanol–water partition coefficient (Wildman–Crippen LogP) is 14.5. The van der Waals surface area contributed by atoms with Crippen molar-refractivity contribution in [2.24, 2.45) is 4.99 Å². The second-order valence-electron chi connectivity index (χ2n) is 14.8. The number of furan rings is 1. The monoisotopic (exact) mass is 839 g/mol. The molecule has 0 fully saturated rings. The number of fused-ring (bicyclic) bond motifs is 11. The Kier molecular flexibility index (Phi) is 6.52. The smallest absolute Gasteiger partial charge is 0.183 e. The van der Waals surface area contributed by atoms with Crippen LogP contribution in [0, 0.1) is 0 Å². The normalized spacial score (nSPS) is 13.6. The van der Waals surface area contributed by atoms with Gasteiger partial charge in [-0.1, -0.05) is 133 Å². The summed E-state index contributed by atoms with van der Waals surface area (Å²) in [5.74, 6) is 0.875. The Bertz CT molecular complexity index is 3550. The quantitative estimate of drug-likeness (QED) is 0.166. The molecule has 0 amide bonds. The van der Waals surface area contributed by atoms with Crippen LogP contribution in [0.4, 0.5) is 22.7 Å². The molecule has 0 saturated carbocycles. The summed E-state index contributed by atoms with van der Waals surface area (Å²) in [6, 6.07) is 66.2. The van der Waals surface area contributed by atoms with E-state index in [1.807, 2.05) is 6.07 Å². The van der Waals surface area contributed by atoms with E-state index in [-0.39, 0.29) is 0 Å². The number of nitrogens with zero attached hydrogens (tertiary/aromatic N) is 3. The van der Waals surface area contributed by atoms with Gasteiger partial charge < -0.3 is 13.9 Å². The van der Waals surface area contributed by atoms with Crippen LogP contribution in [-0.2, 0) is 0 Å². The fourth-order valence-electron chi connectivity index (χ4n) is 9.37. The van der Waals surface area contributed by atoms with Crippen LogP contribution in [0.2, 0.25) is 0 Å². The maximum absolute atomic E-state index is 6.81. The second kappa shape index (κ2) is 11.8. The average molecular weight is 840 g/mol. The molecule has 11 aromatic rings. The number of hydrogen-bond donors (Lipinski definition) is 0. The van der Waals surface area contributed by atoms with Crippen LogP contribution >= 0.6 is 20.7 Å². The third-order valence-electron chi connectivity index (χ3n) is 11.8. The summed E-state index contributed by atoms with van der Waals surface area (Å²) in [6.45, 7) is 0. The van der Waals surface area contributed by atoms with Gasteiger partial charge in [0.2, 0.25) is 0 Å². The van der Waals surface area contributed by atoms with Gasteiger partial charge in [0.15, 0.2) is 5.76 Å². The zero-order valence-corrected chi connectivity index (χ0v) is 32.6. The number of aromatic nitrogens is 1. The molecule has 2 aliphatic rings. The van der Waals surface area contributed by atoms with E-state index in [0.29, 0.717) is 0 Å². The molecule has 0 N–H and O–H groups in total. The van der Waals surface area contributed by atoms with E-state index in [2.05, 4.69) is 185 Å². The van der Waals surface area contributed by atoms with Crippen molar-refractivity contribution < 1.29 is 4.42 Å². The number of benzene rings is 9. The van der Waals surface area contributed by atoms with Crippen molar-refractivity contribution in [2.75, 3.05) is 4.90 Å². The van der Waals surface area contributed by atoms with Gasteiger partial charge in [-0.15, -0.1) is 0 Å². The van der Waals surface area contributed by atoms with Crippen molar-refractivity contribution in [1.82, 2.24) is 4.57 Å². The topological polar surface area (TPSA) is 33.7 Å². The number of rotatable bonds is 3. The van der Waals surface area contributed by atoms with Gasteiger partial charge in [0.25, 0.3) is 0 Å². The van der Waals surface area contributed by atoms with Gasteiger partial charge in [-0.25, -0.2) is 4.99 Å². The lowest BCUT2D eigenvalue weighted by atomic mass is 9.87. The van der Waals surface area contributed by atoms with Crippen LogP contribution in [-0.4, -0.2) is 11.9 Å². The van der Waals surface area contributed by atoms with Crippen LogP contribution in [0.3, 0.4) is 0 Å². The van der Waals surface area contributed by atoms with Crippen molar-refractivity contribution in [3.8, 4) is 11.1 Å². The summed E-state index contributed by atoms with van der Waals surface area (Å²) in [4.78, 5) is 8.13. The lowest BCUT2D eigenvalue weighted by Crippen LogP contribution is -2.16. The van der Waals surface area contributed by atoms with Crippen LogP contribution in [0.1, 0.15) is 11.3 Å². The third-order valence-corrected chi connectivity index (χ3v) is 14.6. The van der Waals surface area contributed by atoms with Crippen molar-refractivity contribution >= 4 is 116 Å². The Labute approximate surface area is 337 Å². The predicted molar refractivity (Wildman–Crippen MR) is 248 cm³/mol. The minimum Gasteiger partial charge on any atom is -0.452 e. The van der Waals surface area contributed by atoms with Gasteiger partial charge in [0.05, 0.1) is 22.4 Å². The summed E-state index contributed by atoms with van der Waals surface area (Å²) in [6.07, 6.45) is 0. The highest BCUT2D eigenvalue weighted by molar-refractivity contribution is 14.2. The average Bonchev–Trinajstić information content (AvgIpc) is 3.82. The zero-order valence-electron chi connectivity index (χ0n) is 30.4. The fraction of sp³-hybridized carbons (Fsp3) is 0. The third kappa shape index (κ3) is 4.43. The molecule has 0 aliphatic carbocycles. The van der Waals surface area contributed by atoms with Crippen LogP contribution < -0.4 is 4.90 Å². The van der Waals surface area contributed by atoms with Gasteiger partial charge >= 0.3 is 0 Å². The van der Waals surface area contributed by atoms with E-state index in [4.69, 9.17) is 9.41 Å². The summed E-state index contributed by atoms with van der Waals surface area (Å²) < 4.78 is 11.6. The molecular formula is C52H30IN3O. The first kappa shape index (κ1) is 31.4. The standard InChI is InChI=1S/C52H30IN3O/c1-4-18-36-31(13-1)27-28-45-48(36)40-22-11-15-32-16-12-25-44(47(32)40)55(45)34-29-33-14-2-3-17-35(33)41(30-34)51-53-52(50-49(54-51)39-21-7-10-26-46(39)57-50)56-42-23-8-5-19-37(42)38-20-6-9-24-43(38)56/h1-30H. The molecule has 0 atom stereocenters. The van der Waals surface area contributed by atoms with Crippen molar-refractivity contribution in [3.63, 3.8) is 0 Å². The largest absolute Gasteiger partial charge is 0.452 e. The van der Waals surface area contributed by atoms with Crippen LogP contribution in [0.5, 0.6) is 0 Å². The van der Waals surface area contributed by atoms with Crippen LogP contribution in [0.15, 0.2) is 191 Å². The molecule has 0 saturated heterocycles. The number of hydrogen-bond acceptors (Lipinski definition) is 3. The van der Waals surface area contributed by atoms with E-state index in [1.54, 1.807) is 0 Å². The number of para-hydroxylation sites is 3. The number of anilines is 3. The van der Waals surface area contributed by atoms with Crippen molar-refractivity contribution in [3.05, 3.63) is 193 Å². The molecule has 2 aromatic heterocycles. The van der Waals surface area contributed by atoms with E-state index in [9.17, 15) is 0 Å². The minimum atomic E-state index is -0.869. The van der Waals surface area contributed by atoms with E-state index < -0.39 is 20.7 Å². The molecule has 9 aromatic carbocycles. The molecule has 0 spiro atoms. The maximum atomic E-state index is 6.81. The number of aliphatic imine (C=N–C) groups is 1. The Morgan fingerprint density at radius 3 is 1.93 bits per heavy atom. The number of halogens is 1. The van der Waals surface area contributed by atoms with Crippen molar-refractivity contribution in [2.45, 2.75) is 0 Å². The fourth-order valence-corrected chi connectivity index (χ4v) is 12.3. The highest BCUT2D eigenvalue weighted by atomic mass is 127. The zero-order chi connectivity index (χ0) is 37.2. The summed E-state index contributed by atoms with van der Waals surface area (Å²) in [5.41, 5.74) is 11.3. The molecule has 4 nitrogen and oxygen atoms in total. The molecule has 13 rings (SSSR count). The molecular weight excluding hydrogens is 809 g/mol. The van der Waals surface area contributed by atoms with Gasteiger partial charge in [0, 0.05) is 38.4 Å². The molecule has 57 heavy (non-hydrogen) atoms. The molecule has 0 unspecified atom stereocenters. The Balaban J connectivity index is 1.12. The van der Waals surface area contributed by atoms with E-state index in [0.717, 1.165) is 31.8 Å². The highest BCUT2D eigenvalue weighted by Gasteiger charge is 2.31. The van der Waals surface area contributed by atoms with Gasteiger partial charge in [-0.2, -0.15) is 0 Å². The summed E-state index contributed by atoms with van der Waals surface area (Å²) in [5, 5.41) is 10.9.